The Labute approximate surface area is 152 Å². The molecule has 3 aromatic rings. The van der Waals surface area contributed by atoms with E-state index < -0.39 is 0 Å². The van der Waals surface area contributed by atoms with Crippen LogP contribution in [-0.2, 0) is 24.3 Å². The van der Waals surface area contributed by atoms with Crippen molar-refractivity contribution in [3.05, 3.63) is 89.5 Å². The number of rotatable bonds is 7. The van der Waals surface area contributed by atoms with Crippen molar-refractivity contribution >= 4 is 5.91 Å². The zero-order valence-electron chi connectivity index (χ0n) is 14.4. The lowest BCUT2D eigenvalue weighted by molar-refractivity contribution is -0.121. The standard InChI is InChI=1S/C21H20N4O/c22-13-18-3-1-17(2-4-18)9-10-21(26)24-14-19-5-7-20(8-6-19)15-25-12-11-23-16-25/h1-8,11-12,16H,9-10,14-15H2,(H,24,26). The molecule has 1 amide bonds. The second kappa shape index (κ2) is 8.63. The molecule has 5 nitrogen and oxygen atoms in total. The molecule has 0 saturated carbocycles. The number of amides is 1. The molecule has 2 aromatic carbocycles. The molecule has 0 unspecified atom stereocenters. The largest absolute Gasteiger partial charge is 0.352 e. The van der Waals surface area contributed by atoms with E-state index in [1.807, 2.05) is 35.0 Å². The molecule has 0 aliphatic rings. The van der Waals surface area contributed by atoms with Gasteiger partial charge in [-0.2, -0.15) is 5.26 Å². The Balaban J connectivity index is 1.43. The van der Waals surface area contributed by atoms with E-state index >= 15 is 0 Å². The van der Waals surface area contributed by atoms with Crippen LogP contribution in [0.2, 0.25) is 0 Å². The number of nitriles is 1. The van der Waals surface area contributed by atoms with Gasteiger partial charge in [0.2, 0.25) is 5.91 Å². The van der Waals surface area contributed by atoms with E-state index in [1.165, 1.54) is 5.56 Å². The van der Waals surface area contributed by atoms with Crippen LogP contribution in [0, 0.1) is 11.3 Å². The molecular weight excluding hydrogens is 324 g/mol. The second-order valence-electron chi connectivity index (χ2n) is 6.14. The maximum absolute atomic E-state index is 12.0. The zero-order valence-corrected chi connectivity index (χ0v) is 14.4. The number of aryl methyl sites for hydroxylation is 1. The molecule has 0 bridgehead atoms. The molecule has 0 radical (unpaired) electrons. The summed E-state index contributed by atoms with van der Waals surface area (Å²) in [5.74, 6) is 0.0249. The van der Waals surface area contributed by atoms with Crippen LogP contribution in [0.4, 0.5) is 0 Å². The van der Waals surface area contributed by atoms with Crippen molar-refractivity contribution in [3.8, 4) is 6.07 Å². The zero-order chi connectivity index (χ0) is 18.2. The number of carbonyl (C=O) groups excluding carboxylic acids is 1. The Morgan fingerprint density at radius 2 is 1.73 bits per heavy atom. The van der Waals surface area contributed by atoms with Crippen LogP contribution in [0.1, 0.15) is 28.7 Å². The summed E-state index contributed by atoms with van der Waals surface area (Å²) in [5.41, 5.74) is 3.96. The number of imidazole rings is 1. The molecule has 0 atom stereocenters. The summed E-state index contributed by atoms with van der Waals surface area (Å²) < 4.78 is 2.01. The number of aromatic nitrogens is 2. The third-order valence-electron chi connectivity index (χ3n) is 4.16. The Hall–Kier alpha value is -3.39. The minimum Gasteiger partial charge on any atom is -0.352 e. The summed E-state index contributed by atoms with van der Waals surface area (Å²) in [4.78, 5) is 16.1. The highest BCUT2D eigenvalue weighted by atomic mass is 16.1. The topological polar surface area (TPSA) is 70.7 Å². The summed E-state index contributed by atoms with van der Waals surface area (Å²) in [6, 6.07) is 17.6. The van der Waals surface area contributed by atoms with Gasteiger partial charge in [0.15, 0.2) is 0 Å². The minimum atomic E-state index is 0.0249. The molecule has 0 aliphatic carbocycles. The van der Waals surface area contributed by atoms with Crippen molar-refractivity contribution in [1.29, 1.82) is 5.26 Å². The lowest BCUT2D eigenvalue weighted by Crippen LogP contribution is -2.23. The number of nitrogens with one attached hydrogen (secondary N) is 1. The molecule has 5 heteroatoms. The fourth-order valence-corrected chi connectivity index (χ4v) is 2.65. The third-order valence-corrected chi connectivity index (χ3v) is 4.16. The Morgan fingerprint density at radius 3 is 2.38 bits per heavy atom. The average Bonchev–Trinajstić information content (AvgIpc) is 3.19. The van der Waals surface area contributed by atoms with Crippen molar-refractivity contribution in [2.75, 3.05) is 0 Å². The first-order chi connectivity index (χ1) is 12.7. The average molecular weight is 344 g/mol. The van der Waals surface area contributed by atoms with Gasteiger partial charge in [0.25, 0.3) is 0 Å². The molecule has 1 N–H and O–H groups in total. The summed E-state index contributed by atoms with van der Waals surface area (Å²) in [7, 11) is 0. The molecule has 130 valence electrons. The van der Waals surface area contributed by atoms with Gasteiger partial charge in [0.1, 0.15) is 0 Å². The summed E-state index contributed by atoms with van der Waals surface area (Å²) >= 11 is 0. The Morgan fingerprint density at radius 1 is 1.04 bits per heavy atom. The van der Waals surface area contributed by atoms with Gasteiger partial charge in [0, 0.05) is 31.9 Å². The highest BCUT2D eigenvalue weighted by Gasteiger charge is 2.03. The lowest BCUT2D eigenvalue weighted by Gasteiger charge is -2.07. The van der Waals surface area contributed by atoms with Crippen LogP contribution in [0.25, 0.3) is 0 Å². The number of hydrogen-bond acceptors (Lipinski definition) is 3. The first-order valence-electron chi connectivity index (χ1n) is 8.52. The Bertz CT molecular complexity index is 875. The highest BCUT2D eigenvalue weighted by Crippen LogP contribution is 2.08. The van der Waals surface area contributed by atoms with Gasteiger partial charge in [-0.3, -0.25) is 4.79 Å². The molecule has 26 heavy (non-hydrogen) atoms. The van der Waals surface area contributed by atoms with Gasteiger partial charge >= 0.3 is 0 Å². The third kappa shape index (κ3) is 5.05. The summed E-state index contributed by atoms with van der Waals surface area (Å²) in [5, 5.41) is 11.7. The van der Waals surface area contributed by atoms with Gasteiger partial charge in [-0.15, -0.1) is 0 Å². The number of benzene rings is 2. The van der Waals surface area contributed by atoms with E-state index in [4.69, 9.17) is 5.26 Å². The smallest absolute Gasteiger partial charge is 0.220 e. The van der Waals surface area contributed by atoms with Crippen LogP contribution in [0.3, 0.4) is 0 Å². The highest BCUT2D eigenvalue weighted by molar-refractivity contribution is 5.76. The normalized spacial score (nSPS) is 10.3. The molecule has 0 spiro atoms. The first-order valence-corrected chi connectivity index (χ1v) is 8.52. The second-order valence-corrected chi connectivity index (χ2v) is 6.14. The molecule has 1 heterocycles. The SMILES string of the molecule is N#Cc1ccc(CCC(=O)NCc2ccc(Cn3ccnc3)cc2)cc1. The van der Waals surface area contributed by atoms with Gasteiger partial charge in [0.05, 0.1) is 18.0 Å². The Kier molecular flexibility index (Phi) is 5.79. The predicted molar refractivity (Wildman–Crippen MR) is 99.1 cm³/mol. The van der Waals surface area contributed by atoms with E-state index in [2.05, 4.69) is 28.5 Å². The fourth-order valence-electron chi connectivity index (χ4n) is 2.65. The molecule has 0 fully saturated rings. The molecule has 3 rings (SSSR count). The van der Waals surface area contributed by atoms with Crippen molar-refractivity contribution in [2.45, 2.75) is 25.9 Å². The van der Waals surface area contributed by atoms with Crippen LogP contribution < -0.4 is 5.32 Å². The van der Waals surface area contributed by atoms with Crippen LogP contribution in [-0.4, -0.2) is 15.5 Å². The van der Waals surface area contributed by atoms with E-state index in [9.17, 15) is 4.79 Å². The monoisotopic (exact) mass is 344 g/mol. The lowest BCUT2D eigenvalue weighted by atomic mass is 10.1. The van der Waals surface area contributed by atoms with Gasteiger partial charge < -0.3 is 9.88 Å². The van der Waals surface area contributed by atoms with Crippen LogP contribution >= 0.6 is 0 Å². The van der Waals surface area contributed by atoms with E-state index in [-0.39, 0.29) is 5.91 Å². The molecular formula is C21H20N4O. The van der Waals surface area contributed by atoms with E-state index in [0.717, 1.165) is 17.7 Å². The van der Waals surface area contributed by atoms with Crippen LogP contribution in [0.5, 0.6) is 0 Å². The summed E-state index contributed by atoms with van der Waals surface area (Å²) in [6.45, 7) is 1.31. The van der Waals surface area contributed by atoms with Crippen molar-refractivity contribution < 1.29 is 4.79 Å². The van der Waals surface area contributed by atoms with Gasteiger partial charge in [-0.25, -0.2) is 4.98 Å². The van der Waals surface area contributed by atoms with E-state index in [0.29, 0.717) is 24.9 Å². The van der Waals surface area contributed by atoms with Gasteiger partial charge in [-0.05, 0) is 35.2 Å². The summed E-state index contributed by atoms with van der Waals surface area (Å²) in [6.07, 6.45) is 6.60. The van der Waals surface area contributed by atoms with Gasteiger partial charge in [-0.1, -0.05) is 36.4 Å². The number of carbonyl (C=O) groups is 1. The van der Waals surface area contributed by atoms with Crippen molar-refractivity contribution in [1.82, 2.24) is 14.9 Å². The minimum absolute atomic E-state index is 0.0249. The van der Waals surface area contributed by atoms with Crippen LogP contribution in [0.15, 0.2) is 67.3 Å². The quantitative estimate of drug-likeness (QED) is 0.716. The first kappa shape index (κ1) is 17.4. The maximum atomic E-state index is 12.0. The number of nitrogens with zero attached hydrogens (tertiary/aromatic N) is 3. The van der Waals surface area contributed by atoms with E-state index in [1.54, 1.807) is 24.7 Å². The molecule has 0 aliphatic heterocycles. The molecule has 0 saturated heterocycles. The number of hydrogen-bond donors (Lipinski definition) is 1. The fraction of sp³-hybridized carbons (Fsp3) is 0.190. The predicted octanol–water partition coefficient (Wildman–Crippen LogP) is 3.05. The molecule has 1 aromatic heterocycles. The maximum Gasteiger partial charge on any atom is 0.220 e. The van der Waals surface area contributed by atoms with Crippen molar-refractivity contribution in [2.24, 2.45) is 0 Å². The van der Waals surface area contributed by atoms with Crippen molar-refractivity contribution in [3.63, 3.8) is 0 Å².